The summed E-state index contributed by atoms with van der Waals surface area (Å²) < 4.78 is 5.33. The number of aliphatic hydroxyl groups is 1. The van der Waals surface area contributed by atoms with Crippen molar-refractivity contribution in [1.29, 1.82) is 5.26 Å². The summed E-state index contributed by atoms with van der Waals surface area (Å²) in [4.78, 5) is 4.08. The van der Waals surface area contributed by atoms with Crippen molar-refractivity contribution in [3.63, 3.8) is 0 Å². The fourth-order valence-electron chi connectivity index (χ4n) is 2.23. The first-order valence-corrected chi connectivity index (χ1v) is 6.91. The summed E-state index contributed by atoms with van der Waals surface area (Å²) in [6, 6.07) is 10.8. The number of allylic oxidation sites excluding steroid dienone is 1. The Morgan fingerprint density at radius 1 is 1.17 bits per heavy atom. The maximum absolute atomic E-state index is 10.3. The molecule has 6 heteroatoms. The lowest BCUT2D eigenvalue weighted by Crippen LogP contribution is -2.00. The van der Waals surface area contributed by atoms with Gasteiger partial charge >= 0.3 is 0 Å². The van der Waals surface area contributed by atoms with Gasteiger partial charge in [0.05, 0.1) is 5.57 Å². The molecule has 0 amide bonds. The maximum atomic E-state index is 10.3. The van der Waals surface area contributed by atoms with Crippen molar-refractivity contribution in [2.45, 2.75) is 0 Å². The molecule has 24 heavy (non-hydrogen) atoms. The van der Waals surface area contributed by atoms with E-state index in [4.69, 9.17) is 4.42 Å². The highest BCUT2D eigenvalue weighted by Crippen LogP contribution is 2.28. The molecule has 6 nitrogen and oxygen atoms in total. The molecule has 0 saturated carbocycles. The van der Waals surface area contributed by atoms with Gasteiger partial charge in [-0.05, 0) is 48.2 Å². The molecule has 0 aliphatic carbocycles. The van der Waals surface area contributed by atoms with E-state index < -0.39 is 0 Å². The number of hydrogen-bond donors (Lipinski definition) is 3. The molecule has 1 aromatic heterocycles. The largest absolute Gasteiger partial charge is 0.506 e. The maximum Gasteiger partial charge on any atom is 0.212 e. The van der Waals surface area contributed by atoms with Gasteiger partial charge in [-0.3, -0.25) is 0 Å². The third-order valence-corrected chi connectivity index (χ3v) is 3.39. The number of nitrogens with zero attached hydrogens (tertiary/aromatic N) is 2. The fourth-order valence-corrected chi connectivity index (χ4v) is 2.23. The first-order chi connectivity index (χ1) is 11.5. The van der Waals surface area contributed by atoms with Crippen molar-refractivity contribution in [2.75, 3.05) is 0 Å². The molecule has 0 saturated heterocycles. The first kappa shape index (κ1) is 15.2. The molecule has 0 aliphatic heterocycles. The summed E-state index contributed by atoms with van der Waals surface area (Å²) in [5.74, 6) is -1.01. The summed E-state index contributed by atoms with van der Waals surface area (Å²) in [5.41, 5.74) is 1.66. The van der Waals surface area contributed by atoms with E-state index in [-0.39, 0.29) is 28.4 Å². The summed E-state index contributed by atoms with van der Waals surface area (Å²) >= 11 is 0. The third kappa shape index (κ3) is 2.78. The number of fused-ring (bicyclic) bond motifs is 1. The van der Waals surface area contributed by atoms with E-state index in [0.29, 0.717) is 21.9 Å². The van der Waals surface area contributed by atoms with Crippen LogP contribution in [0.5, 0.6) is 11.5 Å². The average Bonchev–Trinajstić information content (AvgIpc) is 2.93. The minimum Gasteiger partial charge on any atom is -0.506 e. The second kappa shape index (κ2) is 5.82. The van der Waals surface area contributed by atoms with E-state index in [1.165, 1.54) is 24.3 Å². The number of benzene rings is 2. The van der Waals surface area contributed by atoms with Gasteiger partial charge < -0.3 is 19.7 Å². The van der Waals surface area contributed by atoms with Crippen LogP contribution in [0.2, 0.25) is 0 Å². The van der Waals surface area contributed by atoms with Gasteiger partial charge in [0.25, 0.3) is 0 Å². The summed E-state index contributed by atoms with van der Waals surface area (Å²) in [6.07, 6.45) is 1.48. The van der Waals surface area contributed by atoms with E-state index in [2.05, 4.69) is 11.6 Å². The number of aromatic hydroxyl groups is 2. The molecular formula is C18H12N2O4. The standard InChI is InChI=1S/C18H12N2O4/c1-10-20-14-4-2-11(7-17(14)24-10)6-13(9-19)18(23)12-3-5-15(21)16(22)8-12/h2-8,21-23H,1H2/b11-6+,18-13+. The van der Waals surface area contributed by atoms with Crippen LogP contribution in [0.4, 0.5) is 0 Å². The Kier molecular flexibility index (Phi) is 3.68. The Morgan fingerprint density at radius 3 is 2.67 bits per heavy atom. The zero-order valence-corrected chi connectivity index (χ0v) is 12.4. The number of phenolic OH excluding ortho intramolecular Hbond substituents is 2. The molecular weight excluding hydrogens is 308 g/mol. The molecule has 1 heterocycles. The third-order valence-electron chi connectivity index (χ3n) is 3.39. The number of rotatable bonds is 2. The minimum absolute atomic E-state index is 0.00574. The molecule has 0 fully saturated rings. The first-order valence-electron chi connectivity index (χ1n) is 6.91. The number of hydrogen-bond acceptors (Lipinski definition) is 6. The van der Waals surface area contributed by atoms with Gasteiger partial charge in [-0.2, -0.15) is 5.26 Å². The van der Waals surface area contributed by atoms with Crippen LogP contribution in [0.25, 0.3) is 29.5 Å². The van der Waals surface area contributed by atoms with Crippen LogP contribution < -0.4 is 10.8 Å². The molecule has 118 valence electrons. The van der Waals surface area contributed by atoms with Crippen LogP contribution >= 0.6 is 0 Å². The van der Waals surface area contributed by atoms with E-state index in [1.54, 1.807) is 18.2 Å². The monoisotopic (exact) mass is 320 g/mol. The molecule has 0 atom stereocenters. The molecule has 3 rings (SSSR count). The summed E-state index contributed by atoms with van der Waals surface area (Å²) in [6.45, 7) is 3.61. The van der Waals surface area contributed by atoms with E-state index in [0.717, 1.165) is 0 Å². The van der Waals surface area contributed by atoms with Gasteiger partial charge in [0, 0.05) is 5.56 Å². The van der Waals surface area contributed by atoms with Gasteiger partial charge in [-0.25, -0.2) is 4.98 Å². The van der Waals surface area contributed by atoms with Gasteiger partial charge in [0.15, 0.2) is 17.1 Å². The van der Waals surface area contributed by atoms with Gasteiger partial charge in [-0.15, -0.1) is 0 Å². The van der Waals surface area contributed by atoms with Crippen molar-refractivity contribution in [2.24, 2.45) is 0 Å². The molecule has 0 unspecified atom stereocenters. The number of aromatic nitrogens is 1. The van der Waals surface area contributed by atoms with Gasteiger partial charge in [0.2, 0.25) is 5.55 Å². The predicted octanol–water partition coefficient (Wildman–Crippen LogP) is 1.92. The Hall–Kier alpha value is -3.72. The van der Waals surface area contributed by atoms with Crippen molar-refractivity contribution >= 4 is 29.5 Å². The van der Waals surface area contributed by atoms with Crippen LogP contribution in [-0.4, -0.2) is 20.3 Å². The molecule has 0 spiro atoms. The van der Waals surface area contributed by atoms with Crippen LogP contribution in [-0.2, 0) is 0 Å². The van der Waals surface area contributed by atoms with Crippen LogP contribution in [0.15, 0.2) is 46.4 Å². The van der Waals surface area contributed by atoms with Crippen molar-refractivity contribution in [3.05, 3.63) is 58.3 Å². The SMILES string of the molecule is C=c1nc2cc/c(=C\C(C#N)=C(/O)c3ccc(O)c(O)c3)cc2o1. The lowest BCUT2D eigenvalue weighted by atomic mass is 10.1. The predicted molar refractivity (Wildman–Crippen MR) is 88.2 cm³/mol. The molecule has 0 bridgehead atoms. The highest BCUT2D eigenvalue weighted by atomic mass is 16.3. The number of phenols is 2. The lowest BCUT2D eigenvalue weighted by molar-refractivity contribution is 0.403. The van der Waals surface area contributed by atoms with Crippen molar-refractivity contribution < 1.29 is 19.7 Å². The van der Waals surface area contributed by atoms with Crippen LogP contribution in [0, 0.1) is 11.3 Å². The Balaban J connectivity index is 2.13. The average molecular weight is 320 g/mol. The van der Waals surface area contributed by atoms with Gasteiger partial charge in [-0.1, -0.05) is 6.07 Å². The molecule has 0 radical (unpaired) electrons. The second-order valence-electron chi connectivity index (χ2n) is 5.06. The highest BCUT2D eigenvalue weighted by Gasteiger charge is 2.09. The summed E-state index contributed by atoms with van der Waals surface area (Å²) in [5, 5.41) is 39.0. The van der Waals surface area contributed by atoms with Crippen LogP contribution in [0.3, 0.4) is 0 Å². The Morgan fingerprint density at radius 2 is 1.96 bits per heavy atom. The Bertz CT molecular complexity index is 1120. The fraction of sp³-hybridized carbons (Fsp3) is 0. The molecule has 3 aromatic rings. The number of nitriles is 1. The molecule has 0 aliphatic rings. The quantitative estimate of drug-likeness (QED) is 0.378. The normalized spacial score (nSPS) is 12.9. The zero-order chi connectivity index (χ0) is 17.3. The van der Waals surface area contributed by atoms with Crippen molar-refractivity contribution in [1.82, 2.24) is 4.98 Å². The summed E-state index contributed by atoms with van der Waals surface area (Å²) in [7, 11) is 0. The van der Waals surface area contributed by atoms with E-state index in [9.17, 15) is 20.6 Å². The number of aliphatic hydroxyl groups excluding tert-OH is 1. The van der Waals surface area contributed by atoms with E-state index in [1.807, 2.05) is 6.07 Å². The smallest absolute Gasteiger partial charge is 0.212 e. The number of oxazole rings is 1. The molecule has 3 N–H and O–H groups in total. The molecule has 2 aromatic carbocycles. The van der Waals surface area contributed by atoms with Gasteiger partial charge in [0.1, 0.15) is 17.3 Å². The topological polar surface area (TPSA) is 111 Å². The highest BCUT2D eigenvalue weighted by molar-refractivity contribution is 5.78. The zero-order valence-electron chi connectivity index (χ0n) is 12.4. The minimum atomic E-state index is -0.387. The van der Waals surface area contributed by atoms with Crippen LogP contribution in [0.1, 0.15) is 5.56 Å². The van der Waals surface area contributed by atoms with E-state index >= 15 is 0 Å². The lowest BCUT2D eigenvalue weighted by Gasteiger charge is -2.04. The Labute approximate surface area is 136 Å². The van der Waals surface area contributed by atoms with Crippen molar-refractivity contribution in [3.8, 4) is 17.6 Å². The second-order valence-corrected chi connectivity index (χ2v) is 5.06.